The van der Waals surface area contributed by atoms with E-state index in [0.29, 0.717) is 0 Å². The Bertz CT molecular complexity index is 111. The lowest BCUT2D eigenvalue weighted by Gasteiger charge is -2.33. The van der Waals surface area contributed by atoms with Crippen molar-refractivity contribution in [2.45, 2.75) is 6.92 Å². The van der Waals surface area contributed by atoms with Gasteiger partial charge in [-0.25, -0.2) is 0 Å². The highest BCUT2D eigenvalue weighted by Crippen LogP contribution is 2.40. The second-order valence-corrected chi connectivity index (χ2v) is 10.3. The van der Waals surface area contributed by atoms with E-state index in [4.69, 9.17) is 0 Å². The van der Waals surface area contributed by atoms with Crippen LogP contribution in [-0.4, -0.2) is 32.1 Å². The van der Waals surface area contributed by atoms with Crippen molar-refractivity contribution in [2.75, 3.05) is 12.0 Å². The molecule has 0 aliphatic heterocycles. The minimum absolute atomic E-state index is 1.12. The smallest absolute Gasteiger partial charge is 0.140 e. The van der Waals surface area contributed by atoms with E-state index < -0.39 is 8.45 Å². The highest BCUT2D eigenvalue weighted by molar-refractivity contribution is 8.74. The third-order valence-corrected chi connectivity index (χ3v) is 3.21. The van der Waals surface area contributed by atoms with Crippen molar-refractivity contribution < 1.29 is 0 Å². The van der Waals surface area contributed by atoms with Gasteiger partial charge < -0.3 is 8.45 Å². The van der Waals surface area contributed by atoms with Gasteiger partial charge in [0.25, 0.3) is 0 Å². The highest BCUT2D eigenvalue weighted by atomic mass is 32.3. The standard InChI is InChI=1S/C4H14B2S/c1-4-7(2,3,5)6/h2,4-6H2,1,3H3. The molecule has 0 saturated heterocycles. The zero-order valence-electron chi connectivity index (χ0n) is 5.82. The van der Waals surface area contributed by atoms with E-state index in [1.54, 1.807) is 0 Å². The lowest BCUT2D eigenvalue weighted by molar-refractivity contribution is 1.52. The van der Waals surface area contributed by atoms with E-state index in [9.17, 15) is 0 Å². The quantitative estimate of drug-likeness (QED) is 0.320. The molecule has 0 rings (SSSR count). The summed E-state index contributed by atoms with van der Waals surface area (Å²) < 4.78 is 0. The van der Waals surface area contributed by atoms with Gasteiger partial charge >= 0.3 is 0 Å². The van der Waals surface area contributed by atoms with Gasteiger partial charge in [-0.05, 0) is 5.75 Å². The molecule has 7 heavy (non-hydrogen) atoms. The van der Waals surface area contributed by atoms with E-state index >= 15 is 0 Å². The van der Waals surface area contributed by atoms with E-state index in [0.717, 1.165) is 0 Å². The van der Waals surface area contributed by atoms with Crippen LogP contribution in [0.3, 0.4) is 0 Å². The Morgan fingerprint density at radius 3 is 1.71 bits per heavy atom. The fourth-order valence-electron chi connectivity index (χ4n) is 0. The lowest BCUT2D eigenvalue weighted by Crippen LogP contribution is -2.06. The average Bonchev–Trinajstić information content (AvgIpc) is 1.32. The first kappa shape index (κ1) is 7.35. The SMILES string of the molecule is BS(B)(=C)(C)CC. The molecule has 0 aliphatic rings. The summed E-state index contributed by atoms with van der Waals surface area (Å²) >= 11 is 0. The van der Waals surface area contributed by atoms with E-state index in [2.05, 4.69) is 33.3 Å². The molecule has 0 aromatic heterocycles. The molecular weight excluding hydrogens is 102 g/mol. The van der Waals surface area contributed by atoms with Crippen molar-refractivity contribution in [3.8, 4) is 0 Å². The summed E-state index contributed by atoms with van der Waals surface area (Å²) in [6, 6.07) is 0. The van der Waals surface area contributed by atoms with Crippen LogP contribution >= 0.6 is 8.45 Å². The van der Waals surface area contributed by atoms with Crippen molar-refractivity contribution >= 4 is 28.6 Å². The summed E-state index contributed by atoms with van der Waals surface area (Å²) in [4.78, 5) is 0. The summed E-state index contributed by atoms with van der Waals surface area (Å²) in [5.74, 6) is 5.36. The fraction of sp³-hybridized carbons (Fsp3) is 0.750. The molecule has 0 aliphatic carbocycles. The van der Waals surface area contributed by atoms with Crippen LogP contribution in [0.25, 0.3) is 0 Å². The van der Waals surface area contributed by atoms with E-state index in [1.807, 2.05) is 0 Å². The Balaban J connectivity index is 4.14. The predicted octanol–water partition coefficient (Wildman–Crippen LogP) is -0.495. The van der Waals surface area contributed by atoms with Crippen LogP contribution in [0.2, 0.25) is 0 Å². The molecule has 0 amide bonds. The molecule has 0 fully saturated rings. The molecule has 0 nitrogen and oxygen atoms in total. The Morgan fingerprint density at radius 2 is 1.71 bits per heavy atom. The van der Waals surface area contributed by atoms with Crippen LogP contribution < -0.4 is 0 Å². The van der Waals surface area contributed by atoms with Gasteiger partial charge in [-0.2, -0.15) is 0 Å². The molecule has 0 radical (unpaired) electrons. The molecule has 42 valence electrons. The van der Waals surface area contributed by atoms with Gasteiger partial charge in [-0.1, -0.05) is 13.2 Å². The van der Waals surface area contributed by atoms with E-state index in [1.165, 1.54) is 5.75 Å². The summed E-state index contributed by atoms with van der Waals surface area (Å²) in [5.41, 5.74) is 0. The third-order valence-electron chi connectivity index (χ3n) is 1.07. The van der Waals surface area contributed by atoms with Crippen molar-refractivity contribution in [1.82, 2.24) is 0 Å². The zero-order valence-corrected chi connectivity index (χ0v) is 6.64. The van der Waals surface area contributed by atoms with E-state index in [-0.39, 0.29) is 0 Å². The molecule has 0 N–H and O–H groups in total. The monoisotopic (exact) mass is 116 g/mol. The molecule has 0 aromatic rings. The fourth-order valence-corrected chi connectivity index (χ4v) is 0. The normalized spacial score (nSPS) is 17.7. The minimum Gasteiger partial charge on any atom is -0.311 e. The van der Waals surface area contributed by atoms with Gasteiger partial charge in [0, 0.05) is 0 Å². The maximum absolute atomic E-state index is 4.13. The maximum Gasteiger partial charge on any atom is 0.140 e. The molecule has 0 spiro atoms. The molecule has 3 heteroatoms. The van der Waals surface area contributed by atoms with Crippen molar-refractivity contribution in [3.05, 3.63) is 0 Å². The predicted molar refractivity (Wildman–Crippen MR) is 48.3 cm³/mol. The van der Waals surface area contributed by atoms with Crippen LogP contribution in [0.15, 0.2) is 0 Å². The van der Waals surface area contributed by atoms with Crippen LogP contribution in [-0.2, 0) is 0 Å². The number of rotatable bonds is 1. The van der Waals surface area contributed by atoms with Gasteiger partial charge in [-0.3, -0.25) is 0 Å². The van der Waals surface area contributed by atoms with Crippen molar-refractivity contribution in [1.29, 1.82) is 0 Å². The summed E-state index contributed by atoms with van der Waals surface area (Å²) in [6.07, 6.45) is 2.26. The zero-order chi connectivity index (χ0) is 6.15. The first-order valence-electron chi connectivity index (χ1n) is 2.51. The third kappa shape index (κ3) is 6.35. The number of hydrogen-bond acceptors (Lipinski definition) is 0. The van der Waals surface area contributed by atoms with Crippen molar-refractivity contribution in [2.24, 2.45) is 0 Å². The molecule has 0 bridgehead atoms. The number of hydrogen-bond donors (Lipinski definition) is 0. The summed E-state index contributed by atoms with van der Waals surface area (Å²) in [5, 5.41) is 0. The van der Waals surface area contributed by atoms with Gasteiger partial charge in [0.2, 0.25) is 0 Å². The summed E-state index contributed by atoms with van der Waals surface area (Å²) in [6.45, 7) is 2.20. The van der Waals surface area contributed by atoms with Crippen LogP contribution in [0.4, 0.5) is 0 Å². The second kappa shape index (κ2) is 1.41. The average molecular weight is 116 g/mol. The molecule has 0 heterocycles. The molecule has 0 unspecified atom stereocenters. The van der Waals surface area contributed by atoms with Crippen LogP contribution in [0, 0.1) is 0 Å². The highest BCUT2D eigenvalue weighted by Gasteiger charge is 2.06. The van der Waals surface area contributed by atoms with Gasteiger partial charge in [-0.15, -0.1) is 5.87 Å². The lowest BCUT2D eigenvalue weighted by atomic mass is 10.7. The molecular formula is C4H14B2S. The molecule has 0 atom stereocenters. The Labute approximate surface area is 48.2 Å². The summed E-state index contributed by atoms with van der Waals surface area (Å²) in [7, 11) is 3.41. The van der Waals surface area contributed by atoms with Gasteiger partial charge in [0.15, 0.2) is 0 Å². The minimum atomic E-state index is -1.12. The first-order valence-corrected chi connectivity index (χ1v) is 6.11. The largest absolute Gasteiger partial charge is 0.311 e. The van der Waals surface area contributed by atoms with Crippen LogP contribution in [0.1, 0.15) is 6.92 Å². The maximum atomic E-state index is 4.13. The van der Waals surface area contributed by atoms with Crippen molar-refractivity contribution in [3.63, 3.8) is 0 Å². The Morgan fingerprint density at radius 1 is 1.57 bits per heavy atom. The molecule has 0 aromatic carbocycles. The topological polar surface area (TPSA) is 0 Å². The Kier molecular flexibility index (Phi) is 1.48. The van der Waals surface area contributed by atoms with Gasteiger partial charge in [0.05, 0.1) is 0 Å². The Hall–Kier alpha value is 0.350. The van der Waals surface area contributed by atoms with Crippen LogP contribution in [0.5, 0.6) is 0 Å². The first-order chi connectivity index (χ1) is 2.81. The second-order valence-electron chi connectivity index (χ2n) is 3.45. The van der Waals surface area contributed by atoms with Gasteiger partial charge in [0.1, 0.15) is 14.2 Å². The molecule has 0 saturated carbocycles.